The number of rotatable bonds is 4. The molecule has 1 unspecified atom stereocenters. The predicted molar refractivity (Wildman–Crippen MR) is 83.5 cm³/mol. The molecule has 0 fully saturated rings. The average molecular weight is 350 g/mol. The molecule has 2 rings (SSSR count). The Kier molecular flexibility index (Phi) is 4.63. The van der Waals surface area contributed by atoms with Crippen molar-refractivity contribution in [1.82, 2.24) is 4.90 Å². The first-order valence-corrected chi connectivity index (χ1v) is 7.33. The highest BCUT2D eigenvalue weighted by molar-refractivity contribution is 9.10. The van der Waals surface area contributed by atoms with E-state index >= 15 is 0 Å². The van der Waals surface area contributed by atoms with Gasteiger partial charge in [0.15, 0.2) is 16.2 Å². The highest BCUT2D eigenvalue weighted by atomic mass is 79.9. The van der Waals surface area contributed by atoms with E-state index in [0.717, 1.165) is 5.56 Å². The summed E-state index contributed by atoms with van der Waals surface area (Å²) in [6.45, 7) is 3.67. The van der Waals surface area contributed by atoms with Crippen LogP contribution in [0.3, 0.4) is 0 Å². The molecule has 21 heavy (non-hydrogen) atoms. The Labute approximate surface area is 131 Å². The normalized spacial score (nSPS) is 12.0. The lowest BCUT2D eigenvalue weighted by molar-refractivity contribution is 0.0650. The van der Waals surface area contributed by atoms with Crippen molar-refractivity contribution in [3.63, 3.8) is 0 Å². The fourth-order valence-corrected chi connectivity index (χ4v) is 2.22. The lowest BCUT2D eigenvalue weighted by Crippen LogP contribution is -2.40. The van der Waals surface area contributed by atoms with Crippen molar-refractivity contribution >= 4 is 27.6 Å². The number of ketones is 1. The van der Waals surface area contributed by atoms with Crippen LogP contribution in [0.5, 0.6) is 0 Å². The van der Waals surface area contributed by atoms with E-state index in [9.17, 15) is 9.59 Å². The Morgan fingerprint density at radius 1 is 1.14 bits per heavy atom. The van der Waals surface area contributed by atoms with E-state index < -0.39 is 6.04 Å². The maximum absolute atomic E-state index is 12.4. The van der Waals surface area contributed by atoms with E-state index in [4.69, 9.17) is 4.42 Å². The van der Waals surface area contributed by atoms with E-state index in [2.05, 4.69) is 15.9 Å². The van der Waals surface area contributed by atoms with Gasteiger partial charge in [-0.1, -0.05) is 29.8 Å². The molecule has 1 aromatic heterocycles. The van der Waals surface area contributed by atoms with Gasteiger partial charge in [0.1, 0.15) is 0 Å². The topological polar surface area (TPSA) is 50.5 Å². The standard InChI is InChI=1S/C16H16BrNO3/c1-10-4-6-12(7-5-10)15(19)11(2)18(3)16(20)13-8-9-14(17)21-13/h4-9,11H,1-3H3. The summed E-state index contributed by atoms with van der Waals surface area (Å²) in [4.78, 5) is 26.0. The number of benzene rings is 1. The summed E-state index contributed by atoms with van der Waals surface area (Å²) in [5.41, 5.74) is 1.68. The van der Waals surface area contributed by atoms with Crippen LogP contribution >= 0.6 is 15.9 Å². The number of Topliss-reactive ketones (excluding diaryl/α,β-unsaturated/α-hetero) is 1. The summed E-state index contributed by atoms with van der Waals surface area (Å²) in [6.07, 6.45) is 0. The number of furan rings is 1. The van der Waals surface area contributed by atoms with Crippen LogP contribution in [-0.4, -0.2) is 29.7 Å². The van der Waals surface area contributed by atoms with Crippen LogP contribution in [0, 0.1) is 6.92 Å². The van der Waals surface area contributed by atoms with Gasteiger partial charge in [0.05, 0.1) is 6.04 Å². The second-order valence-corrected chi connectivity index (χ2v) is 5.71. The number of carbonyl (C=O) groups excluding carboxylic acids is 2. The Morgan fingerprint density at radius 3 is 2.29 bits per heavy atom. The van der Waals surface area contributed by atoms with Crippen molar-refractivity contribution in [2.45, 2.75) is 19.9 Å². The zero-order chi connectivity index (χ0) is 15.6. The van der Waals surface area contributed by atoms with Gasteiger partial charge < -0.3 is 9.32 Å². The molecule has 1 atom stereocenters. The van der Waals surface area contributed by atoms with Crippen LogP contribution in [0.1, 0.15) is 33.4 Å². The van der Waals surface area contributed by atoms with Crippen LogP contribution in [0.2, 0.25) is 0 Å². The average Bonchev–Trinajstić information content (AvgIpc) is 2.91. The summed E-state index contributed by atoms with van der Waals surface area (Å²) in [5.74, 6) is -0.224. The van der Waals surface area contributed by atoms with Crippen LogP contribution < -0.4 is 0 Å². The maximum Gasteiger partial charge on any atom is 0.289 e. The second-order valence-electron chi connectivity index (χ2n) is 4.93. The first kappa shape index (κ1) is 15.5. The second kappa shape index (κ2) is 6.26. The van der Waals surface area contributed by atoms with Crippen molar-refractivity contribution in [2.75, 3.05) is 7.05 Å². The molecule has 0 aliphatic carbocycles. The van der Waals surface area contributed by atoms with Crippen molar-refractivity contribution in [3.8, 4) is 0 Å². The minimum atomic E-state index is -0.566. The van der Waals surface area contributed by atoms with Crippen LogP contribution in [0.25, 0.3) is 0 Å². The zero-order valence-electron chi connectivity index (χ0n) is 12.1. The molecule has 0 N–H and O–H groups in total. The number of likely N-dealkylation sites (N-methyl/N-ethyl adjacent to an activating group) is 1. The first-order valence-electron chi connectivity index (χ1n) is 6.53. The van der Waals surface area contributed by atoms with Gasteiger partial charge in [-0.05, 0) is 41.9 Å². The molecule has 4 nitrogen and oxygen atoms in total. The number of carbonyl (C=O) groups is 2. The lowest BCUT2D eigenvalue weighted by Gasteiger charge is -2.23. The Bertz CT molecular complexity index is 660. The largest absolute Gasteiger partial charge is 0.444 e. The van der Waals surface area contributed by atoms with E-state index in [1.807, 2.05) is 19.1 Å². The number of hydrogen-bond acceptors (Lipinski definition) is 3. The molecule has 5 heteroatoms. The van der Waals surface area contributed by atoms with Crippen LogP contribution in [-0.2, 0) is 0 Å². The summed E-state index contributed by atoms with van der Waals surface area (Å²) in [7, 11) is 1.59. The van der Waals surface area contributed by atoms with Crippen molar-refractivity contribution in [1.29, 1.82) is 0 Å². The smallest absolute Gasteiger partial charge is 0.289 e. The molecule has 0 aliphatic rings. The van der Waals surface area contributed by atoms with Gasteiger partial charge in [0, 0.05) is 12.6 Å². The zero-order valence-corrected chi connectivity index (χ0v) is 13.7. The van der Waals surface area contributed by atoms with E-state index in [-0.39, 0.29) is 17.5 Å². The van der Waals surface area contributed by atoms with Crippen molar-refractivity contribution < 1.29 is 14.0 Å². The molecule has 0 spiro atoms. The minimum Gasteiger partial charge on any atom is -0.444 e. The third-order valence-electron chi connectivity index (χ3n) is 3.40. The number of halogens is 1. The Hall–Kier alpha value is -1.88. The van der Waals surface area contributed by atoms with E-state index in [1.54, 1.807) is 38.2 Å². The number of hydrogen-bond donors (Lipinski definition) is 0. The molecule has 1 heterocycles. The molecule has 0 saturated heterocycles. The maximum atomic E-state index is 12.4. The third kappa shape index (κ3) is 3.42. The molecule has 0 radical (unpaired) electrons. The monoisotopic (exact) mass is 349 g/mol. The van der Waals surface area contributed by atoms with Gasteiger partial charge in [-0.15, -0.1) is 0 Å². The first-order chi connectivity index (χ1) is 9.90. The number of aryl methyl sites for hydroxylation is 1. The lowest BCUT2D eigenvalue weighted by atomic mass is 10.0. The summed E-state index contributed by atoms with van der Waals surface area (Å²) in [5, 5.41) is 0. The SMILES string of the molecule is Cc1ccc(C(=O)C(C)N(C)C(=O)c2ccc(Br)o2)cc1. The number of amides is 1. The molecule has 110 valence electrons. The molecule has 0 saturated carbocycles. The highest BCUT2D eigenvalue weighted by Gasteiger charge is 2.26. The van der Waals surface area contributed by atoms with Crippen molar-refractivity contribution in [3.05, 3.63) is 58.0 Å². The van der Waals surface area contributed by atoms with Gasteiger partial charge >= 0.3 is 0 Å². The van der Waals surface area contributed by atoms with Gasteiger partial charge in [0.25, 0.3) is 5.91 Å². The predicted octanol–water partition coefficient (Wildman–Crippen LogP) is 3.69. The number of nitrogens with zero attached hydrogens (tertiary/aromatic N) is 1. The fourth-order valence-electron chi connectivity index (χ4n) is 1.91. The van der Waals surface area contributed by atoms with Gasteiger partial charge in [-0.2, -0.15) is 0 Å². The van der Waals surface area contributed by atoms with Gasteiger partial charge in [0.2, 0.25) is 0 Å². The molecule has 1 amide bonds. The quantitative estimate of drug-likeness (QED) is 0.790. The molecule has 2 aromatic rings. The highest BCUT2D eigenvalue weighted by Crippen LogP contribution is 2.17. The molecular weight excluding hydrogens is 334 g/mol. The third-order valence-corrected chi connectivity index (χ3v) is 3.83. The van der Waals surface area contributed by atoms with Crippen molar-refractivity contribution in [2.24, 2.45) is 0 Å². The molecular formula is C16H16BrNO3. The summed E-state index contributed by atoms with van der Waals surface area (Å²) in [6, 6.07) is 9.96. The molecule has 1 aromatic carbocycles. The summed E-state index contributed by atoms with van der Waals surface area (Å²) < 4.78 is 5.72. The Balaban J connectivity index is 2.14. The molecule has 0 aliphatic heterocycles. The van der Waals surface area contributed by atoms with Gasteiger partial charge in [-0.25, -0.2) is 0 Å². The van der Waals surface area contributed by atoms with E-state index in [1.165, 1.54) is 4.90 Å². The van der Waals surface area contributed by atoms with Crippen LogP contribution in [0.15, 0.2) is 45.5 Å². The minimum absolute atomic E-state index is 0.100. The van der Waals surface area contributed by atoms with Crippen LogP contribution in [0.4, 0.5) is 0 Å². The van der Waals surface area contributed by atoms with E-state index in [0.29, 0.717) is 10.2 Å². The summed E-state index contributed by atoms with van der Waals surface area (Å²) >= 11 is 3.15. The van der Waals surface area contributed by atoms with Gasteiger partial charge in [-0.3, -0.25) is 9.59 Å². The molecule has 0 bridgehead atoms. The Morgan fingerprint density at radius 2 is 1.76 bits per heavy atom. The fraction of sp³-hybridized carbons (Fsp3) is 0.250.